The first kappa shape index (κ1) is 38.6. The summed E-state index contributed by atoms with van der Waals surface area (Å²) in [5.41, 5.74) is 7.42. The molecule has 4 aromatic rings. The van der Waals surface area contributed by atoms with Crippen molar-refractivity contribution in [2.75, 3.05) is 33.8 Å². The Labute approximate surface area is 301 Å². The molecular formula is C40H51N7O4. The number of alkyl carbamates (subject to hydrolysis) is 1. The summed E-state index contributed by atoms with van der Waals surface area (Å²) >= 11 is 0. The number of likely N-dealkylation sites (tertiary alicyclic amines) is 1. The molecule has 6 rings (SSSR count). The van der Waals surface area contributed by atoms with Crippen LogP contribution in [0.1, 0.15) is 76.9 Å². The molecule has 2 aromatic carbocycles. The molecule has 2 unspecified atom stereocenters. The molecular weight excluding hydrogens is 642 g/mol. The molecule has 11 nitrogen and oxygen atoms in total. The van der Waals surface area contributed by atoms with Crippen LogP contribution in [0.25, 0.3) is 22.3 Å². The summed E-state index contributed by atoms with van der Waals surface area (Å²) in [4.78, 5) is 52.0. The zero-order valence-corrected chi connectivity index (χ0v) is 30.8. The van der Waals surface area contributed by atoms with Crippen molar-refractivity contribution in [3.8, 4) is 23.1 Å². The molecule has 0 saturated carbocycles. The summed E-state index contributed by atoms with van der Waals surface area (Å²) in [5, 5.41) is 2.39. The van der Waals surface area contributed by atoms with Crippen LogP contribution < -0.4 is 5.32 Å². The summed E-state index contributed by atoms with van der Waals surface area (Å²) < 4.78 is 4.32. The molecule has 2 aromatic heterocycles. The van der Waals surface area contributed by atoms with Gasteiger partial charge in [-0.15, -0.1) is 0 Å². The minimum absolute atomic E-state index is 0.0894. The lowest BCUT2D eigenvalue weighted by Gasteiger charge is -2.16. The molecule has 2 aliphatic heterocycles. The van der Waals surface area contributed by atoms with E-state index in [4.69, 9.17) is 4.98 Å². The number of nitrogens with one attached hydrogen (secondary N) is 3. The number of hydrogen-bond donors (Lipinski definition) is 3. The summed E-state index contributed by atoms with van der Waals surface area (Å²) in [6.45, 7) is 13.0. The van der Waals surface area contributed by atoms with Gasteiger partial charge in [-0.25, -0.2) is 14.8 Å². The van der Waals surface area contributed by atoms with Crippen molar-refractivity contribution in [3.05, 3.63) is 83.6 Å². The average Bonchev–Trinajstić information content (AvgIpc) is 3.94. The maximum Gasteiger partial charge on any atom is 0.407 e. The number of ether oxygens (including phenoxy) is 1. The second-order valence-corrected chi connectivity index (χ2v) is 13.7. The number of nitrogens with zero attached hydrogens (tertiary/aromatic N) is 4. The van der Waals surface area contributed by atoms with Gasteiger partial charge in [0.25, 0.3) is 0 Å². The third-order valence-electron chi connectivity index (χ3n) is 8.62. The third kappa shape index (κ3) is 11.4. The first-order valence-corrected chi connectivity index (χ1v) is 17.5. The van der Waals surface area contributed by atoms with Crippen LogP contribution in [0.5, 0.6) is 0 Å². The number of aromatic nitrogens is 4. The van der Waals surface area contributed by atoms with Crippen LogP contribution in [-0.2, 0) is 14.3 Å². The van der Waals surface area contributed by atoms with Gasteiger partial charge >= 0.3 is 6.09 Å². The standard InChI is InChI=1S/C24H21N5.C9H17NO.C7H13NO3/c1-16-11-23(29(2)14-16)24-27-20-10-7-18(12-21(20)28-24)4-3-17-5-8-19(9-6-17)22-13-25-15-26-22;1-8(2)7-9(11)10-5-3-4-6-10;1-5(2)6(4-9)8-7(10)11-3/h5-13,15,23H,14H2,1-2H3,(H,25,26)(H,27,28);8H,3-7H2,1-2H3;4-6H,1-3H3,(H,8,10). The molecule has 11 heteroatoms. The average molecular weight is 694 g/mol. The molecule has 3 N–H and O–H groups in total. The first-order chi connectivity index (χ1) is 24.5. The minimum Gasteiger partial charge on any atom is -0.453 e. The van der Waals surface area contributed by atoms with Gasteiger partial charge in [0.2, 0.25) is 5.91 Å². The number of H-pyrrole nitrogens is 2. The Hall–Kier alpha value is -5.21. The number of carbonyl (C=O) groups excluding carboxylic acids is 3. The van der Waals surface area contributed by atoms with Crippen molar-refractivity contribution >= 4 is 29.3 Å². The van der Waals surface area contributed by atoms with Gasteiger partial charge in [0.1, 0.15) is 12.1 Å². The van der Waals surface area contributed by atoms with E-state index >= 15 is 0 Å². The van der Waals surface area contributed by atoms with E-state index in [0.717, 1.165) is 65.3 Å². The highest BCUT2D eigenvalue weighted by Gasteiger charge is 2.24. The molecule has 0 spiro atoms. The van der Waals surface area contributed by atoms with Gasteiger partial charge in [-0.2, -0.15) is 0 Å². The van der Waals surface area contributed by atoms with Crippen LogP contribution in [0.4, 0.5) is 4.79 Å². The Kier molecular flexibility index (Phi) is 14.1. The molecule has 51 heavy (non-hydrogen) atoms. The van der Waals surface area contributed by atoms with Gasteiger partial charge in [0, 0.05) is 37.2 Å². The fourth-order valence-corrected chi connectivity index (χ4v) is 5.76. The number of fused-ring (bicyclic) bond motifs is 1. The van der Waals surface area contributed by atoms with E-state index < -0.39 is 12.1 Å². The van der Waals surface area contributed by atoms with Crippen molar-refractivity contribution in [1.29, 1.82) is 0 Å². The van der Waals surface area contributed by atoms with E-state index in [-0.39, 0.29) is 12.0 Å². The molecule has 2 atom stereocenters. The number of benzene rings is 2. The van der Waals surface area contributed by atoms with Crippen LogP contribution in [0.15, 0.2) is 66.6 Å². The lowest BCUT2D eigenvalue weighted by Crippen LogP contribution is -2.39. The highest BCUT2D eigenvalue weighted by Crippen LogP contribution is 2.28. The minimum atomic E-state index is -0.573. The Bertz CT molecular complexity index is 1830. The highest BCUT2D eigenvalue weighted by molar-refractivity contribution is 5.77. The van der Waals surface area contributed by atoms with Crippen LogP contribution >= 0.6 is 0 Å². The topological polar surface area (TPSA) is 136 Å². The summed E-state index contributed by atoms with van der Waals surface area (Å²) in [6.07, 6.45) is 9.01. The predicted molar refractivity (Wildman–Crippen MR) is 201 cm³/mol. The van der Waals surface area contributed by atoms with Crippen LogP contribution in [0, 0.1) is 23.7 Å². The van der Waals surface area contributed by atoms with E-state index in [1.165, 1.54) is 25.5 Å². The molecule has 2 aliphatic rings. The summed E-state index contributed by atoms with van der Waals surface area (Å²) in [6, 6.07) is 14.0. The fourth-order valence-electron chi connectivity index (χ4n) is 5.76. The lowest BCUT2D eigenvalue weighted by atomic mass is 10.1. The van der Waals surface area contributed by atoms with Crippen molar-refractivity contribution in [2.24, 2.45) is 11.8 Å². The predicted octanol–water partition coefficient (Wildman–Crippen LogP) is 6.51. The number of aromatic amines is 2. The number of methoxy groups -OCH3 is 1. The largest absolute Gasteiger partial charge is 0.453 e. The first-order valence-electron chi connectivity index (χ1n) is 17.5. The van der Waals surface area contributed by atoms with Crippen LogP contribution in [0.3, 0.4) is 0 Å². The number of aldehydes is 1. The van der Waals surface area contributed by atoms with E-state index in [9.17, 15) is 14.4 Å². The zero-order valence-electron chi connectivity index (χ0n) is 30.8. The number of imidazole rings is 2. The molecule has 1 fully saturated rings. The lowest BCUT2D eigenvalue weighted by molar-refractivity contribution is -0.130. The van der Waals surface area contributed by atoms with Crippen molar-refractivity contribution in [2.45, 2.75) is 66.0 Å². The summed E-state index contributed by atoms with van der Waals surface area (Å²) in [5.74, 6) is 8.43. The number of likely N-dealkylation sites (N-methyl/N-ethyl adjacent to an activating group) is 1. The highest BCUT2D eigenvalue weighted by atomic mass is 16.5. The number of amides is 2. The third-order valence-corrected chi connectivity index (χ3v) is 8.62. The van der Waals surface area contributed by atoms with Crippen LogP contribution in [-0.4, -0.2) is 87.9 Å². The van der Waals surface area contributed by atoms with E-state index in [2.05, 4.69) is 93.8 Å². The maximum atomic E-state index is 11.4. The Balaban J connectivity index is 0.000000219. The second kappa shape index (κ2) is 18.7. The Morgan fingerprint density at radius 3 is 2.31 bits per heavy atom. The van der Waals surface area contributed by atoms with Gasteiger partial charge in [-0.3, -0.25) is 9.69 Å². The van der Waals surface area contributed by atoms with E-state index in [1.807, 2.05) is 49.2 Å². The number of hydrogen-bond acceptors (Lipinski definition) is 7. The second-order valence-electron chi connectivity index (χ2n) is 13.7. The van der Waals surface area contributed by atoms with Gasteiger partial charge < -0.3 is 29.7 Å². The molecule has 1 saturated heterocycles. The Morgan fingerprint density at radius 2 is 1.75 bits per heavy atom. The Morgan fingerprint density at radius 1 is 1.06 bits per heavy atom. The number of carbonyl (C=O) groups is 3. The fraction of sp³-hybridized carbons (Fsp3) is 0.425. The van der Waals surface area contributed by atoms with Gasteiger partial charge in [0.15, 0.2) is 0 Å². The zero-order chi connectivity index (χ0) is 36.9. The molecule has 0 bridgehead atoms. The molecule has 270 valence electrons. The number of rotatable bonds is 7. The molecule has 0 aliphatic carbocycles. The normalized spacial score (nSPS) is 16.0. The molecule has 0 radical (unpaired) electrons. The smallest absolute Gasteiger partial charge is 0.407 e. The molecule has 2 amide bonds. The van der Waals surface area contributed by atoms with Gasteiger partial charge in [-0.1, -0.05) is 63.3 Å². The van der Waals surface area contributed by atoms with Crippen LogP contribution in [0.2, 0.25) is 0 Å². The van der Waals surface area contributed by atoms with Crippen molar-refractivity contribution in [3.63, 3.8) is 0 Å². The van der Waals surface area contributed by atoms with Crippen molar-refractivity contribution < 1.29 is 19.1 Å². The van der Waals surface area contributed by atoms with E-state index in [1.54, 1.807) is 6.33 Å². The van der Waals surface area contributed by atoms with Gasteiger partial charge in [0.05, 0.1) is 48.4 Å². The SMILES string of the molecule is CC(C)CC(=O)N1CCCC1.CC1=CC(c2nc3ccc(C#Cc4ccc(-c5cnc[nH]5)cc4)cc3[nH]2)N(C)C1.COC(=O)NC(C=O)C(C)C. The van der Waals surface area contributed by atoms with Gasteiger partial charge in [-0.05, 0) is 74.5 Å². The molecule has 4 heterocycles. The monoisotopic (exact) mass is 693 g/mol. The van der Waals surface area contributed by atoms with Crippen molar-refractivity contribution in [1.82, 2.24) is 35.1 Å². The quantitative estimate of drug-likeness (QED) is 0.114. The maximum absolute atomic E-state index is 11.4. The van der Waals surface area contributed by atoms with E-state index in [0.29, 0.717) is 18.1 Å². The summed E-state index contributed by atoms with van der Waals surface area (Å²) in [7, 11) is 3.39.